The van der Waals surface area contributed by atoms with Gasteiger partial charge in [0, 0.05) is 24.9 Å². The van der Waals surface area contributed by atoms with E-state index >= 15 is 0 Å². The number of para-hydroxylation sites is 1. The average molecular weight is 431 g/mol. The lowest BCUT2D eigenvalue weighted by molar-refractivity contribution is -0.135. The predicted octanol–water partition coefficient (Wildman–Crippen LogP) is 2.93. The fourth-order valence-corrected chi connectivity index (χ4v) is 3.35. The molecule has 0 aliphatic carbocycles. The first-order valence-corrected chi connectivity index (χ1v) is 10.2. The molecule has 168 valence electrons. The van der Waals surface area contributed by atoms with Crippen LogP contribution >= 0.6 is 0 Å². The summed E-state index contributed by atoms with van der Waals surface area (Å²) in [5, 5.41) is 0. The number of carbonyl (C=O) groups is 3. The van der Waals surface area contributed by atoms with Crippen LogP contribution in [0.3, 0.4) is 0 Å². The number of hydrogen-bond donors (Lipinski definition) is 1. The Kier molecular flexibility index (Phi) is 8.81. The van der Waals surface area contributed by atoms with Crippen molar-refractivity contribution in [2.45, 2.75) is 33.7 Å². The van der Waals surface area contributed by atoms with E-state index in [4.69, 9.17) is 14.2 Å². The number of aromatic amines is 1. The van der Waals surface area contributed by atoms with Crippen LogP contribution in [-0.4, -0.2) is 67.1 Å². The number of carbonyl (C=O) groups excluding carboxylic acids is 3. The molecule has 0 aliphatic heterocycles. The van der Waals surface area contributed by atoms with Gasteiger partial charge in [-0.25, -0.2) is 4.79 Å². The van der Waals surface area contributed by atoms with Crippen LogP contribution in [0.15, 0.2) is 30.3 Å². The van der Waals surface area contributed by atoms with Gasteiger partial charge in [-0.2, -0.15) is 0 Å². The maximum absolute atomic E-state index is 13.3. The summed E-state index contributed by atoms with van der Waals surface area (Å²) in [4.78, 5) is 42.7. The molecular formula is C23H30N2O6. The number of amides is 1. The third-order valence-electron chi connectivity index (χ3n) is 4.97. The highest BCUT2D eigenvalue weighted by molar-refractivity contribution is 6.06. The smallest absolute Gasteiger partial charge is 0.355 e. The molecule has 0 saturated carbocycles. The van der Waals surface area contributed by atoms with Crippen molar-refractivity contribution < 1.29 is 28.6 Å². The number of Topliss-reactive ketones (excluding diaryl/α,β-unsaturated/α-hetero) is 1. The van der Waals surface area contributed by atoms with Gasteiger partial charge >= 0.3 is 5.97 Å². The molecule has 1 atom stereocenters. The minimum atomic E-state index is -0.773. The first-order chi connectivity index (χ1) is 14.8. The summed E-state index contributed by atoms with van der Waals surface area (Å²) in [6.07, 6.45) is 0. The Balaban J connectivity index is 2.22. The van der Waals surface area contributed by atoms with Crippen molar-refractivity contribution in [1.29, 1.82) is 0 Å². The highest BCUT2D eigenvalue weighted by Crippen LogP contribution is 2.22. The zero-order chi connectivity index (χ0) is 23.0. The number of methoxy groups -OCH3 is 1. The fraction of sp³-hybridized carbons (Fsp3) is 0.435. The second kappa shape index (κ2) is 11.3. The Morgan fingerprint density at radius 2 is 1.81 bits per heavy atom. The molecule has 1 unspecified atom stereocenters. The molecule has 0 bridgehead atoms. The molecule has 0 saturated heterocycles. The fourth-order valence-electron chi connectivity index (χ4n) is 3.35. The van der Waals surface area contributed by atoms with Crippen molar-refractivity contribution in [3.05, 3.63) is 52.8 Å². The number of benzene rings is 1. The summed E-state index contributed by atoms with van der Waals surface area (Å²) in [7, 11) is 1.53. The van der Waals surface area contributed by atoms with Crippen LogP contribution in [-0.2, 0) is 14.3 Å². The quantitative estimate of drug-likeness (QED) is 0.435. The lowest BCUT2D eigenvalue weighted by atomic mass is 10.00. The third kappa shape index (κ3) is 5.95. The second-order valence-electron chi connectivity index (χ2n) is 7.07. The van der Waals surface area contributed by atoms with Gasteiger partial charge in [0.15, 0.2) is 12.4 Å². The van der Waals surface area contributed by atoms with Crippen LogP contribution in [0.2, 0.25) is 0 Å². The SMILES string of the molecule is CCOC(=O)c1[nH]c(C)c(C(=O)C(C)N(CCOC)C(=O)COc2ccccc2)c1C. The lowest BCUT2D eigenvalue weighted by Crippen LogP contribution is -2.47. The van der Waals surface area contributed by atoms with E-state index in [2.05, 4.69) is 4.98 Å². The van der Waals surface area contributed by atoms with Gasteiger partial charge in [0.2, 0.25) is 0 Å². The summed E-state index contributed by atoms with van der Waals surface area (Å²) in [5.74, 6) is -0.555. The van der Waals surface area contributed by atoms with Gasteiger partial charge in [-0.3, -0.25) is 9.59 Å². The summed E-state index contributed by atoms with van der Waals surface area (Å²) in [6.45, 7) is 7.32. The molecule has 0 aliphatic rings. The van der Waals surface area contributed by atoms with E-state index in [0.717, 1.165) is 0 Å². The molecule has 0 fully saturated rings. The van der Waals surface area contributed by atoms with Crippen LogP contribution in [0.4, 0.5) is 0 Å². The predicted molar refractivity (Wildman–Crippen MR) is 116 cm³/mol. The molecule has 0 spiro atoms. The molecule has 1 heterocycles. The molecule has 2 rings (SSSR count). The number of nitrogens with zero attached hydrogens (tertiary/aromatic N) is 1. The van der Waals surface area contributed by atoms with Gasteiger partial charge in [-0.15, -0.1) is 0 Å². The molecule has 1 aromatic heterocycles. The molecule has 8 heteroatoms. The van der Waals surface area contributed by atoms with Gasteiger partial charge in [-0.1, -0.05) is 18.2 Å². The van der Waals surface area contributed by atoms with Gasteiger partial charge in [0.25, 0.3) is 5.91 Å². The van der Waals surface area contributed by atoms with E-state index in [9.17, 15) is 14.4 Å². The number of aromatic nitrogens is 1. The first-order valence-electron chi connectivity index (χ1n) is 10.2. The molecule has 1 amide bonds. The average Bonchev–Trinajstić information content (AvgIpc) is 3.06. The molecule has 2 aromatic rings. The standard InChI is InChI=1S/C23H30N2O6/c1-6-30-23(28)21-15(2)20(16(3)24-21)22(27)17(4)25(12-13-29-5)19(26)14-31-18-10-8-7-9-11-18/h7-11,17,24H,6,12-14H2,1-5H3. The number of rotatable bonds is 11. The molecule has 0 radical (unpaired) electrons. The maximum Gasteiger partial charge on any atom is 0.355 e. The van der Waals surface area contributed by atoms with Crippen molar-refractivity contribution in [1.82, 2.24) is 9.88 Å². The van der Waals surface area contributed by atoms with Crippen LogP contribution in [0.1, 0.15) is 46.0 Å². The van der Waals surface area contributed by atoms with E-state index in [1.807, 2.05) is 18.2 Å². The van der Waals surface area contributed by atoms with E-state index in [1.165, 1.54) is 12.0 Å². The molecule has 8 nitrogen and oxygen atoms in total. The Bertz CT molecular complexity index is 906. The van der Waals surface area contributed by atoms with Crippen molar-refractivity contribution in [2.24, 2.45) is 0 Å². The number of nitrogens with one attached hydrogen (secondary N) is 1. The summed E-state index contributed by atoms with van der Waals surface area (Å²) >= 11 is 0. The highest BCUT2D eigenvalue weighted by Gasteiger charge is 2.31. The van der Waals surface area contributed by atoms with Gasteiger partial charge in [-0.05, 0) is 45.4 Å². The number of ether oxygens (including phenoxy) is 3. The van der Waals surface area contributed by atoms with E-state index in [-0.39, 0.29) is 43.7 Å². The van der Waals surface area contributed by atoms with Gasteiger partial charge in [0.05, 0.1) is 19.3 Å². The minimum absolute atomic E-state index is 0.204. The van der Waals surface area contributed by atoms with Gasteiger partial charge < -0.3 is 24.1 Å². The Morgan fingerprint density at radius 1 is 1.13 bits per heavy atom. The zero-order valence-electron chi connectivity index (χ0n) is 18.7. The molecule has 31 heavy (non-hydrogen) atoms. The van der Waals surface area contributed by atoms with Crippen molar-refractivity contribution in [3.8, 4) is 5.75 Å². The third-order valence-corrected chi connectivity index (χ3v) is 4.97. The number of aryl methyl sites for hydroxylation is 1. The van der Waals surface area contributed by atoms with Crippen LogP contribution in [0.5, 0.6) is 5.75 Å². The number of hydrogen-bond acceptors (Lipinski definition) is 6. The Morgan fingerprint density at radius 3 is 2.42 bits per heavy atom. The summed E-state index contributed by atoms with van der Waals surface area (Å²) in [6, 6.07) is 8.22. The normalized spacial score (nSPS) is 11.6. The van der Waals surface area contributed by atoms with Crippen LogP contribution < -0.4 is 4.74 Å². The van der Waals surface area contributed by atoms with Gasteiger partial charge in [0.1, 0.15) is 11.4 Å². The second-order valence-corrected chi connectivity index (χ2v) is 7.07. The Labute approximate surface area is 182 Å². The van der Waals surface area contributed by atoms with Crippen LogP contribution in [0, 0.1) is 13.8 Å². The van der Waals surface area contributed by atoms with Crippen molar-refractivity contribution >= 4 is 17.7 Å². The largest absolute Gasteiger partial charge is 0.484 e. The molecular weight excluding hydrogens is 400 g/mol. The molecule has 1 aromatic carbocycles. The maximum atomic E-state index is 13.3. The first kappa shape index (κ1) is 24.1. The molecule has 1 N–H and O–H groups in total. The topological polar surface area (TPSA) is 97.9 Å². The van der Waals surface area contributed by atoms with Crippen molar-refractivity contribution in [2.75, 3.05) is 33.5 Å². The monoisotopic (exact) mass is 430 g/mol. The number of H-pyrrole nitrogens is 1. The van der Waals surface area contributed by atoms with E-state index in [0.29, 0.717) is 22.6 Å². The Hall–Kier alpha value is -3.13. The lowest BCUT2D eigenvalue weighted by Gasteiger charge is -2.28. The summed E-state index contributed by atoms with van der Waals surface area (Å²) < 4.78 is 15.7. The van der Waals surface area contributed by atoms with Crippen molar-refractivity contribution in [3.63, 3.8) is 0 Å². The zero-order valence-corrected chi connectivity index (χ0v) is 18.7. The van der Waals surface area contributed by atoms with Crippen LogP contribution in [0.25, 0.3) is 0 Å². The van der Waals surface area contributed by atoms with E-state index in [1.54, 1.807) is 39.8 Å². The highest BCUT2D eigenvalue weighted by atomic mass is 16.5. The van der Waals surface area contributed by atoms with E-state index < -0.39 is 12.0 Å². The number of ketones is 1. The summed E-state index contributed by atoms with van der Waals surface area (Å²) in [5.41, 5.74) is 1.69. The number of esters is 1. The minimum Gasteiger partial charge on any atom is -0.484 e.